The number of aliphatic carboxylic acids is 1. The number of nitrogens with zero attached hydrogens (tertiary/aromatic N) is 1. The number of urea groups is 1. The lowest BCUT2D eigenvalue weighted by atomic mass is 9.74. The number of carbonyl (C=O) groups is 2. The quantitative estimate of drug-likeness (QED) is 0.813. The average Bonchev–Trinajstić information content (AvgIpc) is 2.38. The highest BCUT2D eigenvalue weighted by atomic mass is 16.5. The summed E-state index contributed by atoms with van der Waals surface area (Å²) in [6.07, 6.45) is 1.92. The van der Waals surface area contributed by atoms with Crippen LogP contribution in [0.4, 0.5) is 4.79 Å². The summed E-state index contributed by atoms with van der Waals surface area (Å²) in [4.78, 5) is 25.3. The molecule has 0 aromatic heterocycles. The lowest BCUT2D eigenvalue weighted by molar-refractivity contribution is -0.150. The molecule has 21 heavy (non-hydrogen) atoms. The maximum absolute atomic E-state index is 12.3. The van der Waals surface area contributed by atoms with Crippen LogP contribution in [-0.2, 0) is 9.53 Å². The Hall–Kier alpha value is -1.30. The van der Waals surface area contributed by atoms with Crippen molar-refractivity contribution in [1.29, 1.82) is 0 Å². The van der Waals surface area contributed by atoms with Gasteiger partial charge in [0.1, 0.15) is 0 Å². The third kappa shape index (κ3) is 4.33. The number of carboxylic acids is 1. The van der Waals surface area contributed by atoms with Crippen molar-refractivity contribution >= 4 is 12.0 Å². The highest BCUT2D eigenvalue weighted by Gasteiger charge is 2.44. The second-order valence-corrected chi connectivity index (χ2v) is 6.92. The lowest BCUT2D eigenvalue weighted by Gasteiger charge is -2.40. The van der Waals surface area contributed by atoms with Crippen LogP contribution in [0.2, 0.25) is 0 Å². The number of carbonyl (C=O) groups excluding carboxylic acids is 1. The van der Waals surface area contributed by atoms with Gasteiger partial charge in [0.25, 0.3) is 0 Å². The van der Waals surface area contributed by atoms with Gasteiger partial charge in [-0.1, -0.05) is 0 Å². The van der Waals surface area contributed by atoms with E-state index in [4.69, 9.17) is 4.74 Å². The van der Waals surface area contributed by atoms with E-state index < -0.39 is 16.9 Å². The molecule has 0 spiro atoms. The van der Waals surface area contributed by atoms with Gasteiger partial charge in [0.05, 0.1) is 11.0 Å². The van der Waals surface area contributed by atoms with Crippen LogP contribution < -0.4 is 5.32 Å². The van der Waals surface area contributed by atoms with Crippen molar-refractivity contribution in [2.75, 3.05) is 26.8 Å². The van der Waals surface area contributed by atoms with Crippen LogP contribution in [0.25, 0.3) is 0 Å². The topological polar surface area (TPSA) is 78.9 Å². The summed E-state index contributed by atoms with van der Waals surface area (Å²) in [6, 6.07) is -0.235. The molecule has 1 rings (SSSR count). The Morgan fingerprint density at radius 3 is 2.24 bits per heavy atom. The van der Waals surface area contributed by atoms with Crippen molar-refractivity contribution in [3.05, 3.63) is 0 Å². The molecular formula is C15H28N2O4. The normalized spacial score (nSPS) is 17.4. The van der Waals surface area contributed by atoms with E-state index in [2.05, 4.69) is 5.32 Å². The summed E-state index contributed by atoms with van der Waals surface area (Å²) < 4.78 is 5.31. The van der Waals surface area contributed by atoms with Crippen LogP contribution in [0.1, 0.15) is 40.5 Å². The Balaban J connectivity index is 2.60. The first kappa shape index (κ1) is 17.8. The Labute approximate surface area is 126 Å². The summed E-state index contributed by atoms with van der Waals surface area (Å²) in [7, 11) is 1.74. The number of carboxylic acid groups (broad SMARTS) is 1. The van der Waals surface area contributed by atoms with Crippen LogP contribution in [0.5, 0.6) is 0 Å². The van der Waals surface area contributed by atoms with Crippen molar-refractivity contribution < 1.29 is 19.4 Å². The summed E-state index contributed by atoms with van der Waals surface area (Å²) in [6.45, 7) is 8.87. The van der Waals surface area contributed by atoms with Gasteiger partial charge in [-0.2, -0.15) is 0 Å². The van der Waals surface area contributed by atoms with Crippen LogP contribution in [0.3, 0.4) is 0 Å². The fourth-order valence-corrected chi connectivity index (χ4v) is 2.19. The first-order chi connectivity index (χ1) is 9.58. The van der Waals surface area contributed by atoms with Gasteiger partial charge in [-0.25, -0.2) is 4.79 Å². The van der Waals surface area contributed by atoms with Gasteiger partial charge in [-0.3, -0.25) is 4.79 Å². The molecule has 0 aromatic carbocycles. The first-order valence-corrected chi connectivity index (χ1v) is 7.42. The number of ether oxygens (including phenoxy) is 1. The highest BCUT2D eigenvalue weighted by Crippen LogP contribution is 2.30. The summed E-state index contributed by atoms with van der Waals surface area (Å²) in [5.41, 5.74) is -1.90. The molecule has 1 aliphatic heterocycles. The van der Waals surface area contributed by atoms with E-state index in [1.165, 1.54) is 0 Å². The van der Waals surface area contributed by atoms with E-state index >= 15 is 0 Å². The molecular weight excluding hydrogens is 272 g/mol. The van der Waals surface area contributed by atoms with Crippen LogP contribution in [0, 0.1) is 11.3 Å². The Morgan fingerprint density at radius 1 is 1.24 bits per heavy atom. The molecule has 2 amide bonds. The average molecular weight is 300 g/mol. The minimum Gasteiger partial charge on any atom is -0.481 e. The molecule has 0 aromatic rings. The summed E-state index contributed by atoms with van der Waals surface area (Å²) in [5.74, 6) is -0.482. The Bertz CT molecular complexity index is 387. The van der Waals surface area contributed by atoms with Gasteiger partial charge in [-0.05, 0) is 46.5 Å². The van der Waals surface area contributed by atoms with E-state index in [0.717, 1.165) is 26.1 Å². The molecule has 0 aliphatic carbocycles. The van der Waals surface area contributed by atoms with E-state index in [1.54, 1.807) is 39.6 Å². The van der Waals surface area contributed by atoms with E-state index in [0.29, 0.717) is 12.5 Å². The monoisotopic (exact) mass is 300 g/mol. The Kier molecular flexibility index (Phi) is 5.61. The standard InChI is InChI=1S/C15H28N2O4/c1-14(2,12(18)19)15(3,4)16-13(20)17(5)10-11-6-8-21-9-7-11/h11H,6-10H2,1-5H3,(H,16,20)(H,18,19). The largest absolute Gasteiger partial charge is 0.481 e. The molecule has 122 valence electrons. The second-order valence-electron chi connectivity index (χ2n) is 6.92. The van der Waals surface area contributed by atoms with Crippen molar-refractivity contribution in [2.45, 2.75) is 46.1 Å². The van der Waals surface area contributed by atoms with Gasteiger partial charge >= 0.3 is 12.0 Å². The van der Waals surface area contributed by atoms with Gasteiger partial charge in [0.15, 0.2) is 0 Å². The molecule has 1 aliphatic rings. The summed E-state index contributed by atoms with van der Waals surface area (Å²) in [5, 5.41) is 12.2. The zero-order chi connectivity index (χ0) is 16.3. The van der Waals surface area contributed by atoms with Crippen molar-refractivity contribution in [3.63, 3.8) is 0 Å². The van der Waals surface area contributed by atoms with E-state index in [-0.39, 0.29) is 6.03 Å². The zero-order valence-electron chi connectivity index (χ0n) is 13.7. The maximum Gasteiger partial charge on any atom is 0.317 e. The third-order valence-electron chi connectivity index (χ3n) is 4.74. The predicted octanol–water partition coefficient (Wildman–Crippen LogP) is 1.94. The number of amides is 2. The number of nitrogens with one attached hydrogen (secondary N) is 1. The molecule has 0 atom stereocenters. The molecule has 1 heterocycles. The molecule has 1 saturated heterocycles. The van der Waals surface area contributed by atoms with Crippen molar-refractivity contribution in [3.8, 4) is 0 Å². The molecule has 6 nitrogen and oxygen atoms in total. The van der Waals surface area contributed by atoms with Crippen molar-refractivity contribution in [2.24, 2.45) is 11.3 Å². The zero-order valence-corrected chi connectivity index (χ0v) is 13.7. The highest BCUT2D eigenvalue weighted by molar-refractivity contribution is 5.79. The SMILES string of the molecule is CN(CC1CCOCC1)C(=O)NC(C)(C)C(C)(C)C(=O)O. The van der Waals surface area contributed by atoms with Crippen molar-refractivity contribution in [1.82, 2.24) is 10.2 Å². The minimum absolute atomic E-state index is 0.235. The van der Waals surface area contributed by atoms with Gasteiger partial charge in [-0.15, -0.1) is 0 Å². The molecule has 2 N–H and O–H groups in total. The molecule has 1 fully saturated rings. The van der Waals surface area contributed by atoms with E-state index in [9.17, 15) is 14.7 Å². The molecule has 0 saturated carbocycles. The fraction of sp³-hybridized carbons (Fsp3) is 0.867. The molecule has 0 radical (unpaired) electrons. The van der Waals surface area contributed by atoms with Gasteiger partial charge < -0.3 is 20.1 Å². The second kappa shape index (κ2) is 6.64. The molecule has 0 bridgehead atoms. The molecule has 0 unspecified atom stereocenters. The van der Waals surface area contributed by atoms with Gasteiger partial charge in [0.2, 0.25) is 0 Å². The number of hydrogen-bond donors (Lipinski definition) is 2. The maximum atomic E-state index is 12.3. The van der Waals surface area contributed by atoms with Crippen LogP contribution >= 0.6 is 0 Å². The smallest absolute Gasteiger partial charge is 0.317 e. The van der Waals surface area contributed by atoms with Gasteiger partial charge in [0, 0.05) is 26.8 Å². The third-order valence-corrected chi connectivity index (χ3v) is 4.74. The minimum atomic E-state index is -1.05. The lowest BCUT2D eigenvalue weighted by Crippen LogP contribution is -2.59. The van der Waals surface area contributed by atoms with E-state index in [1.807, 2.05) is 0 Å². The predicted molar refractivity (Wildman–Crippen MR) is 80.2 cm³/mol. The molecule has 6 heteroatoms. The number of hydrogen-bond acceptors (Lipinski definition) is 3. The first-order valence-electron chi connectivity index (χ1n) is 7.42. The van der Waals surface area contributed by atoms with Crippen LogP contribution in [0.15, 0.2) is 0 Å². The van der Waals surface area contributed by atoms with Crippen LogP contribution in [-0.4, -0.2) is 54.4 Å². The Morgan fingerprint density at radius 2 is 1.76 bits per heavy atom. The fourth-order valence-electron chi connectivity index (χ4n) is 2.19. The number of rotatable bonds is 5. The summed E-state index contributed by atoms with van der Waals surface area (Å²) >= 11 is 0.